The lowest BCUT2D eigenvalue weighted by atomic mass is 10.1. The first kappa shape index (κ1) is 25.2. The molecule has 1 unspecified atom stereocenters. The van der Waals surface area contributed by atoms with Gasteiger partial charge in [0.05, 0.1) is 6.10 Å². The summed E-state index contributed by atoms with van der Waals surface area (Å²) in [6.45, 7) is 6.44. The first-order chi connectivity index (χ1) is 12.7. The molecule has 0 saturated heterocycles. The third kappa shape index (κ3) is 19.5. The number of hydrogen-bond acceptors (Lipinski definition) is 2. The summed E-state index contributed by atoms with van der Waals surface area (Å²) in [4.78, 5) is 11.7. The number of esters is 1. The van der Waals surface area contributed by atoms with Gasteiger partial charge in [0.15, 0.2) is 0 Å². The molecule has 0 fully saturated rings. The molecular weight excluding hydrogens is 320 g/mol. The normalized spacial score (nSPS) is 12.6. The van der Waals surface area contributed by atoms with Crippen LogP contribution in [0.5, 0.6) is 0 Å². The van der Waals surface area contributed by atoms with E-state index < -0.39 is 0 Å². The lowest BCUT2D eigenvalue weighted by molar-refractivity contribution is -0.148. The van der Waals surface area contributed by atoms with E-state index in [-0.39, 0.29) is 12.1 Å². The fourth-order valence-corrected chi connectivity index (χ4v) is 3.17. The molecule has 0 aliphatic carbocycles. The summed E-state index contributed by atoms with van der Waals surface area (Å²) in [5.41, 5.74) is 0. The van der Waals surface area contributed by atoms with Crippen molar-refractivity contribution < 1.29 is 9.53 Å². The predicted octanol–water partition coefficient (Wildman–Crippen LogP) is 8.15. The standard InChI is InChI=1S/C24H46O2/c1-4-6-8-9-10-11-12-13-14-15-16-17-18-19-20-22-24(25)26-23(3)21-7-5-2/h13-14,23H,4-12,15-22H2,1-3H3/b14-13-. The largest absolute Gasteiger partial charge is 0.463 e. The molecule has 0 amide bonds. The maximum atomic E-state index is 11.7. The molecule has 0 aromatic rings. The molecular formula is C24H46O2. The summed E-state index contributed by atoms with van der Waals surface area (Å²) in [5.74, 6) is -0.00812. The summed E-state index contributed by atoms with van der Waals surface area (Å²) in [6.07, 6.45) is 25.4. The Morgan fingerprint density at radius 2 is 1.23 bits per heavy atom. The van der Waals surface area contributed by atoms with Crippen LogP contribution in [0.25, 0.3) is 0 Å². The van der Waals surface area contributed by atoms with Crippen molar-refractivity contribution in [1.82, 2.24) is 0 Å². The van der Waals surface area contributed by atoms with Crippen LogP contribution in [0.15, 0.2) is 12.2 Å². The molecule has 2 nitrogen and oxygen atoms in total. The summed E-state index contributed by atoms with van der Waals surface area (Å²) < 4.78 is 5.42. The fourth-order valence-electron chi connectivity index (χ4n) is 3.17. The second-order valence-corrected chi connectivity index (χ2v) is 7.78. The van der Waals surface area contributed by atoms with Gasteiger partial charge in [-0.25, -0.2) is 0 Å². The van der Waals surface area contributed by atoms with Gasteiger partial charge >= 0.3 is 5.97 Å². The lowest BCUT2D eigenvalue weighted by Crippen LogP contribution is -2.14. The molecule has 0 rings (SSSR count). The zero-order chi connectivity index (χ0) is 19.3. The number of carbonyl (C=O) groups is 1. The number of ether oxygens (including phenoxy) is 1. The highest BCUT2D eigenvalue weighted by molar-refractivity contribution is 5.69. The van der Waals surface area contributed by atoms with Gasteiger partial charge in [-0.15, -0.1) is 0 Å². The third-order valence-electron chi connectivity index (χ3n) is 4.94. The number of carbonyl (C=O) groups excluding carboxylic acids is 1. The average molecular weight is 367 g/mol. The molecule has 0 saturated carbocycles. The Labute approximate surface area is 164 Å². The molecule has 154 valence electrons. The Balaban J connectivity index is 3.28. The summed E-state index contributed by atoms with van der Waals surface area (Å²) in [7, 11) is 0. The fraction of sp³-hybridized carbons (Fsp3) is 0.875. The van der Waals surface area contributed by atoms with Crippen LogP contribution < -0.4 is 0 Å². The smallest absolute Gasteiger partial charge is 0.306 e. The first-order valence-electron chi connectivity index (χ1n) is 11.5. The van der Waals surface area contributed by atoms with Crippen LogP contribution in [0.1, 0.15) is 130 Å². The number of hydrogen-bond donors (Lipinski definition) is 0. The van der Waals surface area contributed by atoms with Gasteiger partial charge in [-0.1, -0.05) is 90.2 Å². The predicted molar refractivity (Wildman–Crippen MR) is 115 cm³/mol. The number of rotatable bonds is 19. The molecule has 0 radical (unpaired) electrons. The van der Waals surface area contributed by atoms with Gasteiger partial charge in [0.25, 0.3) is 0 Å². The topological polar surface area (TPSA) is 26.3 Å². The quantitative estimate of drug-likeness (QED) is 0.131. The van der Waals surface area contributed by atoms with Crippen molar-refractivity contribution in [3.8, 4) is 0 Å². The van der Waals surface area contributed by atoms with E-state index in [1.165, 1.54) is 70.6 Å². The van der Waals surface area contributed by atoms with Gasteiger partial charge in [-0.05, 0) is 45.4 Å². The molecule has 1 atom stereocenters. The van der Waals surface area contributed by atoms with Gasteiger partial charge in [-0.2, -0.15) is 0 Å². The van der Waals surface area contributed by atoms with E-state index in [0.29, 0.717) is 6.42 Å². The van der Waals surface area contributed by atoms with E-state index >= 15 is 0 Å². The molecule has 0 N–H and O–H groups in total. The number of allylic oxidation sites excluding steroid dienone is 2. The van der Waals surface area contributed by atoms with Crippen LogP contribution in [0.4, 0.5) is 0 Å². The highest BCUT2D eigenvalue weighted by Crippen LogP contribution is 2.11. The number of unbranched alkanes of at least 4 members (excludes halogenated alkanes) is 12. The van der Waals surface area contributed by atoms with Crippen LogP contribution in [0, 0.1) is 0 Å². The second-order valence-electron chi connectivity index (χ2n) is 7.78. The summed E-state index contributed by atoms with van der Waals surface area (Å²) in [5, 5.41) is 0. The Morgan fingerprint density at radius 3 is 1.81 bits per heavy atom. The van der Waals surface area contributed by atoms with Crippen LogP contribution >= 0.6 is 0 Å². The Bertz CT molecular complexity index is 322. The van der Waals surface area contributed by atoms with Crippen molar-refractivity contribution in [2.24, 2.45) is 0 Å². The Kier molecular flexibility index (Phi) is 19.9. The molecule has 0 aromatic heterocycles. The van der Waals surface area contributed by atoms with Crippen molar-refractivity contribution in [3.05, 3.63) is 12.2 Å². The minimum atomic E-state index is -0.00812. The maximum absolute atomic E-state index is 11.7. The maximum Gasteiger partial charge on any atom is 0.306 e. The summed E-state index contributed by atoms with van der Waals surface area (Å²) >= 11 is 0. The SMILES string of the molecule is CCCCCCCC/C=C\CCCCCCCC(=O)OC(C)CCCC. The van der Waals surface area contributed by atoms with E-state index in [9.17, 15) is 4.79 Å². The van der Waals surface area contributed by atoms with Crippen molar-refractivity contribution in [2.45, 2.75) is 136 Å². The monoisotopic (exact) mass is 366 g/mol. The molecule has 0 heterocycles. The molecule has 2 heteroatoms. The molecule has 0 aromatic carbocycles. The van der Waals surface area contributed by atoms with E-state index in [1.807, 2.05) is 6.92 Å². The minimum absolute atomic E-state index is 0.00812. The van der Waals surface area contributed by atoms with E-state index in [2.05, 4.69) is 26.0 Å². The molecule has 26 heavy (non-hydrogen) atoms. The van der Waals surface area contributed by atoms with Crippen LogP contribution in [0.2, 0.25) is 0 Å². The average Bonchev–Trinajstić information content (AvgIpc) is 2.63. The highest BCUT2D eigenvalue weighted by Gasteiger charge is 2.08. The van der Waals surface area contributed by atoms with Crippen molar-refractivity contribution in [2.75, 3.05) is 0 Å². The van der Waals surface area contributed by atoms with E-state index in [1.54, 1.807) is 0 Å². The molecule has 0 bridgehead atoms. The molecule has 0 aliphatic heterocycles. The summed E-state index contributed by atoms with van der Waals surface area (Å²) in [6, 6.07) is 0. The third-order valence-corrected chi connectivity index (χ3v) is 4.94. The Morgan fingerprint density at radius 1 is 0.731 bits per heavy atom. The van der Waals surface area contributed by atoms with Crippen molar-refractivity contribution in [3.63, 3.8) is 0 Å². The van der Waals surface area contributed by atoms with Crippen molar-refractivity contribution in [1.29, 1.82) is 0 Å². The van der Waals surface area contributed by atoms with E-state index in [4.69, 9.17) is 4.74 Å². The Hall–Kier alpha value is -0.790. The van der Waals surface area contributed by atoms with Gasteiger partial charge in [0, 0.05) is 6.42 Å². The zero-order valence-corrected chi connectivity index (χ0v) is 18.1. The van der Waals surface area contributed by atoms with Crippen LogP contribution in [-0.4, -0.2) is 12.1 Å². The van der Waals surface area contributed by atoms with Crippen molar-refractivity contribution >= 4 is 5.97 Å². The van der Waals surface area contributed by atoms with Gasteiger partial charge in [0.2, 0.25) is 0 Å². The second kappa shape index (κ2) is 20.5. The lowest BCUT2D eigenvalue weighted by Gasteiger charge is -2.12. The molecule has 0 spiro atoms. The van der Waals surface area contributed by atoms with E-state index in [0.717, 1.165) is 32.1 Å². The van der Waals surface area contributed by atoms with Crippen LogP contribution in [-0.2, 0) is 9.53 Å². The van der Waals surface area contributed by atoms with Gasteiger partial charge in [-0.3, -0.25) is 4.79 Å². The van der Waals surface area contributed by atoms with Gasteiger partial charge in [0.1, 0.15) is 0 Å². The highest BCUT2D eigenvalue weighted by atomic mass is 16.5. The minimum Gasteiger partial charge on any atom is -0.463 e. The first-order valence-corrected chi connectivity index (χ1v) is 11.5. The van der Waals surface area contributed by atoms with Crippen LogP contribution in [0.3, 0.4) is 0 Å². The molecule has 0 aliphatic rings. The zero-order valence-electron chi connectivity index (χ0n) is 18.1. The van der Waals surface area contributed by atoms with Gasteiger partial charge < -0.3 is 4.74 Å².